The smallest absolute Gasteiger partial charge is 0.147 e. The van der Waals surface area contributed by atoms with E-state index >= 15 is 0 Å². The summed E-state index contributed by atoms with van der Waals surface area (Å²) in [6.07, 6.45) is 0. The summed E-state index contributed by atoms with van der Waals surface area (Å²) < 4.78 is 0. The van der Waals surface area contributed by atoms with Gasteiger partial charge in [-0.15, -0.1) is 0 Å². The van der Waals surface area contributed by atoms with Crippen LogP contribution < -0.4 is 10.2 Å². The molecule has 4 nitrogen and oxygen atoms in total. The van der Waals surface area contributed by atoms with Crippen LogP contribution in [0.4, 0.5) is 5.82 Å². The van der Waals surface area contributed by atoms with E-state index in [1.54, 1.807) is 0 Å². The number of hydrogen-bond acceptors (Lipinski definition) is 4. The average Bonchev–Trinajstić information content (AvgIpc) is 2.47. The Bertz CT molecular complexity index is 694. The Morgan fingerprint density at radius 3 is 2.65 bits per heavy atom. The van der Waals surface area contributed by atoms with Crippen molar-refractivity contribution in [2.24, 2.45) is 0 Å². The Hall–Kier alpha value is -2.12. The van der Waals surface area contributed by atoms with Gasteiger partial charge in [0, 0.05) is 31.6 Å². The molecule has 0 atom stereocenters. The van der Waals surface area contributed by atoms with Gasteiger partial charge in [-0.1, -0.05) is 6.07 Å². The monoisotopic (exact) mass is 266 g/mol. The number of nitrogens with one attached hydrogen (secondary N) is 1. The Morgan fingerprint density at radius 2 is 1.95 bits per heavy atom. The number of rotatable bonds is 1. The SMILES string of the molecule is Cc1cc(C)c2cc(C#N)c(N3CCNCC3)nc2c1. The van der Waals surface area contributed by atoms with Gasteiger partial charge in [0.1, 0.15) is 11.9 Å². The van der Waals surface area contributed by atoms with Crippen LogP contribution in [0.3, 0.4) is 0 Å². The number of anilines is 1. The number of benzene rings is 1. The van der Waals surface area contributed by atoms with Gasteiger partial charge in [-0.25, -0.2) is 4.98 Å². The minimum absolute atomic E-state index is 0.673. The number of nitriles is 1. The van der Waals surface area contributed by atoms with Crippen LogP contribution in [0.25, 0.3) is 10.9 Å². The van der Waals surface area contributed by atoms with E-state index in [4.69, 9.17) is 4.98 Å². The van der Waals surface area contributed by atoms with Crippen LogP contribution in [-0.4, -0.2) is 31.2 Å². The molecule has 1 aliphatic rings. The van der Waals surface area contributed by atoms with Gasteiger partial charge in [0.05, 0.1) is 11.1 Å². The van der Waals surface area contributed by atoms with E-state index < -0.39 is 0 Å². The molecule has 0 amide bonds. The average molecular weight is 266 g/mol. The van der Waals surface area contributed by atoms with Crippen molar-refractivity contribution < 1.29 is 0 Å². The minimum atomic E-state index is 0.673. The van der Waals surface area contributed by atoms with Gasteiger partial charge in [-0.2, -0.15) is 5.26 Å². The van der Waals surface area contributed by atoms with Gasteiger partial charge < -0.3 is 10.2 Å². The molecular formula is C16H18N4. The molecule has 0 saturated carbocycles. The second kappa shape index (κ2) is 5.10. The summed E-state index contributed by atoms with van der Waals surface area (Å²) in [6.45, 7) is 7.84. The lowest BCUT2D eigenvalue weighted by Crippen LogP contribution is -2.44. The fourth-order valence-electron chi connectivity index (χ4n) is 2.82. The zero-order valence-corrected chi connectivity index (χ0v) is 11.9. The van der Waals surface area contributed by atoms with Crippen molar-refractivity contribution in [3.8, 4) is 6.07 Å². The molecule has 0 aliphatic carbocycles. The highest BCUT2D eigenvalue weighted by atomic mass is 15.2. The molecule has 2 aromatic rings. The van der Waals surface area contributed by atoms with Crippen LogP contribution in [0.15, 0.2) is 18.2 Å². The maximum absolute atomic E-state index is 9.42. The van der Waals surface area contributed by atoms with Crippen molar-refractivity contribution in [3.63, 3.8) is 0 Å². The van der Waals surface area contributed by atoms with E-state index in [9.17, 15) is 5.26 Å². The number of aryl methyl sites for hydroxylation is 2. The molecule has 0 radical (unpaired) electrons. The van der Waals surface area contributed by atoms with Crippen molar-refractivity contribution in [1.29, 1.82) is 5.26 Å². The van der Waals surface area contributed by atoms with Gasteiger partial charge >= 0.3 is 0 Å². The molecule has 3 rings (SSSR count). The van der Waals surface area contributed by atoms with Crippen molar-refractivity contribution in [3.05, 3.63) is 34.9 Å². The second-order valence-corrected chi connectivity index (χ2v) is 5.36. The molecule has 0 bridgehead atoms. The maximum Gasteiger partial charge on any atom is 0.147 e. The molecule has 20 heavy (non-hydrogen) atoms. The first-order valence-electron chi connectivity index (χ1n) is 6.97. The van der Waals surface area contributed by atoms with Gasteiger partial charge in [0.2, 0.25) is 0 Å². The molecule has 102 valence electrons. The third-order valence-electron chi connectivity index (χ3n) is 3.80. The third-order valence-corrected chi connectivity index (χ3v) is 3.80. The molecule has 1 aromatic carbocycles. The summed E-state index contributed by atoms with van der Waals surface area (Å²) in [5.41, 5.74) is 4.04. The van der Waals surface area contributed by atoms with Crippen LogP contribution in [0, 0.1) is 25.2 Å². The van der Waals surface area contributed by atoms with Crippen molar-refractivity contribution in [2.45, 2.75) is 13.8 Å². The molecule has 1 aliphatic heterocycles. The predicted molar refractivity (Wildman–Crippen MR) is 81.0 cm³/mol. The van der Waals surface area contributed by atoms with E-state index in [2.05, 4.69) is 42.3 Å². The fraction of sp³-hybridized carbons (Fsp3) is 0.375. The van der Waals surface area contributed by atoms with Crippen molar-refractivity contribution in [2.75, 3.05) is 31.1 Å². The van der Waals surface area contributed by atoms with E-state index in [0.29, 0.717) is 5.56 Å². The van der Waals surface area contributed by atoms with E-state index in [-0.39, 0.29) is 0 Å². The quantitative estimate of drug-likeness (QED) is 0.859. The van der Waals surface area contributed by atoms with Gasteiger partial charge in [-0.05, 0) is 37.1 Å². The molecular weight excluding hydrogens is 248 g/mol. The van der Waals surface area contributed by atoms with Crippen molar-refractivity contribution in [1.82, 2.24) is 10.3 Å². The summed E-state index contributed by atoms with van der Waals surface area (Å²) in [7, 11) is 0. The number of hydrogen-bond donors (Lipinski definition) is 1. The van der Waals surface area contributed by atoms with Gasteiger partial charge in [0.25, 0.3) is 0 Å². The standard InChI is InChI=1S/C16H18N4/c1-11-7-12(2)14-9-13(10-17)16(19-15(14)8-11)20-5-3-18-4-6-20/h7-9,18H,3-6H2,1-2H3. The molecule has 1 N–H and O–H groups in total. The van der Waals surface area contributed by atoms with Crippen LogP contribution in [-0.2, 0) is 0 Å². The lowest BCUT2D eigenvalue weighted by Gasteiger charge is -2.29. The highest BCUT2D eigenvalue weighted by Crippen LogP contribution is 2.26. The van der Waals surface area contributed by atoms with Gasteiger partial charge in [0.15, 0.2) is 0 Å². The molecule has 1 fully saturated rings. The summed E-state index contributed by atoms with van der Waals surface area (Å²) in [5.74, 6) is 0.825. The highest BCUT2D eigenvalue weighted by Gasteiger charge is 2.17. The topological polar surface area (TPSA) is 52.0 Å². The van der Waals surface area contributed by atoms with E-state index in [1.807, 2.05) is 6.07 Å². The van der Waals surface area contributed by atoms with Crippen LogP contribution in [0.5, 0.6) is 0 Å². The van der Waals surface area contributed by atoms with E-state index in [0.717, 1.165) is 42.9 Å². The van der Waals surface area contributed by atoms with E-state index in [1.165, 1.54) is 11.1 Å². The third kappa shape index (κ3) is 2.21. The second-order valence-electron chi connectivity index (χ2n) is 5.36. The lowest BCUT2D eigenvalue weighted by atomic mass is 10.0. The summed E-state index contributed by atoms with van der Waals surface area (Å²) in [5, 5.41) is 13.8. The largest absolute Gasteiger partial charge is 0.353 e. The zero-order chi connectivity index (χ0) is 14.1. The number of fused-ring (bicyclic) bond motifs is 1. The Kier molecular flexibility index (Phi) is 3.29. The number of pyridine rings is 1. The Labute approximate surface area is 119 Å². The van der Waals surface area contributed by atoms with Gasteiger partial charge in [-0.3, -0.25) is 0 Å². The molecule has 1 aromatic heterocycles. The first-order valence-corrected chi connectivity index (χ1v) is 6.97. The fourth-order valence-corrected chi connectivity index (χ4v) is 2.82. The first kappa shape index (κ1) is 12.9. The highest BCUT2D eigenvalue weighted by molar-refractivity contribution is 5.86. The summed E-state index contributed by atoms with van der Waals surface area (Å²) in [6, 6.07) is 8.51. The lowest BCUT2D eigenvalue weighted by molar-refractivity contribution is 0.585. The Morgan fingerprint density at radius 1 is 1.20 bits per heavy atom. The molecule has 0 unspecified atom stereocenters. The van der Waals surface area contributed by atoms with Crippen molar-refractivity contribution >= 4 is 16.7 Å². The number of aromatic nitrogens is 1. The summed E-state index contributed by atoms with van der Waals surface area (Å²) >= 11 is 0. The zero-order valence-electron chi connectivity index (χ0n) is 11.9. The predicted octanol–water partition coefficient (Wildman–Crippen LogP) is 2.13. The molecule has 4 heteroatoms. The minimum Gasteiger partial charge on any atom is -0.353 e. The summed E-state index contributed by atoms with van der Waals surface area (Å²) in [4.78, 5) is 6.97. The molecule has 1 saturated heterocycles. The molecule has 0 spiro atoms. The van der Waals surface area contributed by atoms with Crippen LogP contribution >= 0.6 is 0 Å². The molecule has 2 heterocycles. The maximum atomic E-state index is 9.42. The number of piperazine rings is 1. The normalized spacial score (nSPS) is 15.3. The first-order chi connectivity index (χ1) is 9.69. The Balaban J connectivity index is 2.18. The van der Waals surface area contributed by atoms with Crippen LogP contribution in [0.1, 0.15) is 16.7 Å². The van der Waals surface area contributed by atoms with Crippen LogP contribution in [0.2, 0.25) is 0 Å². The number of nitrogens with zero attached hydrogens (tertiary/aromatic N) is 3.